The highest BCUT2D eigenvalue weighted by Crippen LogP contribution is 2.25. The number of primary amides is 1. The number of nitrogens with two attached hydrogens (primary N) is 2. The molecule has 138 valence electrons. The molecule has 0 unspecified atom stereocenters. The minimum Gasteiger partial charge on any atom is -0.380 e. The maximum atomic E-state index is 14.4. The third-order valence-corrected chi connectivity index (χ3v) is 4.28. The van der Waals surface area contributed by atoms with E-state index in [0.717, 1.165) is 11.6 Å². The van der Waals surface area contributed by atoms with Crippen molar-refractivity contribution >= 4 is 23.2 Å². The summed E-state index contributed by atoms with van der Waals surface area (Å²) in [6.45, 7) is 2.90. The molecule has 1 aromatic heterocycles. The van der Waals surface area contributed by atoms with Crippen molar-refractivity contribution in [1.29, 1.82) is 0 Å². The Labute approximate surface area is 150 Å². The van der Waals surface area contributed by atoms with Crippen LogP contribution >= 0.6 is 0 Å². The Balaban J connectivity index is 1.90. The first-order valence-electron chi connectivity index (χ1n) is 8.38. The lowest BCUT2D eigenvalue weighted by Crippen LogP contribution is -2.47. The lowest BCUT2D eigenvalue weighted by Gasteiger charge is -2.30. The minimum absolute atomic E-state index is 0.0203. The van der Waals surface area contributed by atoms with E-state index in [1.807, 2.05) is 31.2 Å². The molecule has 8 heteroatoms. The molecule has 2 aromatic rings. The van der Waals surface area contributed by atoms with Gasteiger partial charge in [-0.05, 0) is 31.5 Å². The van der Waals surface area contributed by atoms with Gasteiger partial charge >= 0.3 is 0 Å². The lowest BCUT2D eigenvalue weighted by atomic mass is 10.0. The van der Waals surface area contributed by atoms with Crippen molar-refractivity contribution in [3.8, 4) is 0 Å². The number of aryl methyl sites for hydroxylation is 1. The summed E-state index contributed by atoms with van der Waals surface area (Å²) in [5, 5.41) is 6.04. The number of aromatic nitrogens is 1. The number of carbonyl (C=O) groups is 1. The molecule has 1 amide bonds. The maximum absolute atomic E-state index is 14.4. The molecule has 0 aliphatic carbocycles. The predicted molar refractivity (Wildman–Crippen MR) is 98.0 cm³/mol. The molecule has 7 nitrogen and oxygen atoms in total. The van der Waals surface area contributed by atoms with Gasteiger partial charge in [0.2, 0.25) is 0 Å². The number of hydrogen-bond acceptors (Lipinski definition) is 6. The lowest BCUT2D eigenvalue weighted by molar-refractivity contribution is 0.0751. The van der Waals surface area contributed by atoms with Crippen molar-refractivity contribution in [2.75, 3.05) is 23.8 Å². The molecule has 1 aromatic carbocycles. The highest BCUT2D eigenvalue weighted by molar-refractivity contribution is 5.98. The summed E-state index contributed by atoms with van der Waals surface area (Å²) in [6, 6.07) is 8.15. The van der Waals surface area contributed by atoms with Gasteiger partial charge in [-0.25, -0.2) is 9.37 Å². The maximum Gasteiger partial charge on any atom is 0.252 e. The van der Waals surface area contributed by atoms with Crippen molar-refractivity contribution < 1.29 is 13.9 Å². The van der Waals surface area contributed by atoms with Gasteiger partial charge in [-0.1, -0.05) is 17.7 Å². The Kier molecular flexibility index (Phi) is 5.34. The van der Waals surface area contributed by atoms with Gasteiger partial charge < -0.3 is 26.8 Å². The van der Waals surface area contributed by atoms with E-state index in [-0.39, 0.29) is 29.3 Å². The molecule has 1 saturated heterocycles. The van der Waals surface area contributed by atoms with Crippen LogP contribution in [0, 0.1) is 12.7 Å². The van der Waals surface area contributed by atoms with Gasteiger partial charge in [0, 0.05) is 24.4 Å². The van der Waals surface area contributed by atoms with E-state index in [4.69, 9.17) is 16.2 Å². The SMILES string of the molecule is Cc1ccc(Nc2nc(N[C@@H]3CCOC[C@@H]3N)c(F)cc2C(N)=O)cc1. The first-order valence-corrected chi connectivity index (χ1v) is 8.38. The quantitative estimate of drug-likeness (QED) is 0.648. The van der Waals surface area contributed by atoms with Crippen LogP contribution < -0.4 is 22.1 Å². The molecule has 1 aliphatic heterocycles. The molecule has 2 atom stereocenters. The van der Waals surface area contributed by atoms with Gasteiger partial charge in [-0.15, -0.1) is 0 Å². The number of nitrogens with zero attached hydrogens (tertiary/aromatic N) is 1. The van der Waals surface area contributed by atoms with E-state index < -0.39 is 11.7 Å². The molecule has 3 rings (SSSR count). The minimum atomic E-state index is -0.764. The zero-order valence-electron chi connectivity index (χ0n) is 14.5. The summed E-state index contributed by atoms with van der Waals surface area (Å²) in [4.78, 5) is 15.9. The number of carbonyl (C=O) groups excluding carboxylic acids is 1. The first kappa shape index (κ1) is 18.1. The number of ether oxygens (including phenoxy) is 1. The fourth-order valence-corrected chi connectivity index (χ4v) is 2.76. The summed E-state index contributed by atoms with van der Waals surface area (Å²) in [7, 11) is 0. The zero-order valence-corrected chi connectivity index (χ0v) is 14.5. The molecule has 0 saturated carbocycles. The number of hydrogen-bond donors (Lipinski definition) is 4. The number of nitrogens with one attached hydrogen (secondary N) is 2. The summed E-state index contributed by atoms with van der Waals surface area (Å²) < 4.78 is 19.7. The summed E-state index contributed by atoms with van der Waals surface area (Å²) in [5.74, 6) is -1.22. The van der Waals surface area contributed by atoms with Crippen molar-refractivity contribution in [1.82, 2.24) is 4.98 Å². The molecular formula is C18H22FN5O2. The summed E-state index contributed by atoms with van der Waals surface area (Å²) >= 11 is 0. The number of rotatable bonds is 5. The van der Waals surface area contributed by atoms with Crippen molar-refractivity contribution in [3.63, 3.8) is 0 Å². The molecule has 26 heavy (non-hydrogen) atoms. The van der Waals surface area contributed by atoms with Crippen LogP contribution in [0.25, 0.3) is 0 Å². The van der Waals surface area contributed by atoms with Crippen molar-refractivity contribution in [3.05, 3.63) is 47.3 Å². The number of amides is 1. The summed E-state index contributed by atoms with van der Waals surface area (Å²) in [5.41, 5.74) is 13.2. The fourth-order valence-electron chi connectivity index (χ4n) is 2.76. The van der Waals surface area contributed by atoms with Crippen molar-refractivity contribution in [2.45, 2.75) is 25.4 Å². The van der Waals surface area contributed by atoms with Crippen LogP contribution in [0.5, 0.6) is 0 Å². The monoisotopic (exact) mass is 359 g/mol. The average molecular weight is 359 g/mol. The Hall–Kier alpha value is -2.71. The molecule has 1 fully saturated rings. The highest BCUT2D eigenvalue weighted by atomic mass is 19.1. The second kappa shape index (κ2) is 7.67. The van der Waals surface area contributed by atoms with Crippen LogP contribution in [0.15, 0.2) is 30.3 Å². The van der Waals surface area contributed by atoms with E-state index in [0.29, 0.717) is 25.3 Å². The van der Waals surface area contributed by atoms with Gasteiger partial charge in [0.25, 0.3) is 5.91 Å². The molecule has 1 aliphatic rings. The number of pyridine rings is 1. The third kappa shape index (κ3) is 4.09. The standard InChI is InChI=1S/C18H22FN5O2/c1-10-2-4-11(5-3-10)22-17-12(16(21)25)8-13(19)18(24-17)23-15-6-7-26-9-14(15)20/h2-5,8,14-15H,6-7,9,20H2,1H3,(H2,21,25)(H2,22,23,24)/t14-,15+/m0/s1. The van der Waals surface area contributed by atoms with E-state index in [2.05, 4.69) is 15.6 Å². The number of anilines is 3. The van der Waals surface area contributed by atoms with Crippen LogP contribution in [0.2, 0.25) is 0 Å². The third-order valence-electron chi connectivity index (χ3n) is 4.28. The number of halogens is 1. The smallest absolute Gasteiger partial charge is 0.252 e. The highest BCUT2D eigenvalue weighted by Gasteiger charge is 2.25. The van der Waals surface area contributed by atoms with E-state index in [9.17, 15) is 9.18 Å². The number of benzene rings is 1. The van der Waals surface area contributed by atoms with Gasteiger partial charge in [0.1, 0.15) is 5.82 Å². The van der Waals surface area contributed by atoms with E-state index in [1.165, 1.54) is 0 Å². The molecular weight excluding hydrogens is 337 g/mol. The Morgan fingerprint density at radius 1 is 1.31 bits per heavy atom. The fraction of sp³-hybridized carbons (Fsp3) is 0.333. The zero-order chi connectivity index (χ0) is 18.7. The van der Waals surface area contributed by atoms with Crippen LogP contribution in [0.3, 0.4) is 0 Å². The molecule has 0 bridgehead atoms. The molecule has 6 N–H and O–H groups in total. The van der Waals surface area contributed by atoms with Gasteiger partial charge in [-0.3, -0.25) is 4.79 Å². The average Bonchev–Trinajstić information content (AvgIpc) is 2.61. The van der Waals surface area contributed by atoms with Crippen LogP contribution in [-0.4, -0.2) is 36.2 Å². The van der Waals surface area contributed by atoms with E-state index >= 15 is 0 Å². The summed E-state index contributed by atoms with van der Waals surface area (Å²) in [6.07, 6.45) is 0.639. The topological polar surface area (TPSA) is 115 Å². The Morgan fingerprint density at radius 2 is 2.04 bits per heavy atom. The largest absolute Gasteiger partial charge is 0.380 e. The molecule has 2 heterocycles. The second-order valence-corrected chi connectivity index (χ2v) is 6.35. The van der Waals surface area contributed by atoms with Crippen molar-refractivity contribution in [2.24, 2.45) is 11.5 Å². The van der Waals surface area contributed by atoms with Gasteiger partial charge in [-0.2, -0.15) is 0 Å². The van der Waals surface area contributed by atoms with Crippen LogP contribution in [0.4, 0.5) is 21.7 Å². The van der Waals surface area contributed by atoms with Gasteiger partial charge in [0.15, 0.2) is 11.6 Å². The predicted octanol–water partition coefficient (Wildman–Crippen LogP) is 1.90. The second-order valence-electron chi connectivity index (χ2n) is 6.35. The Morgan fingerprint density at radius 3 is 2.69 bits per heavy atom. The van der Waals surface area contributed by atoms with Gasteiger partial charge in [0.05, 0.1) is 12.2 Å². The molecule has 0 radical (unpaired) electrons. The van der Waals surface area contributed by atoms with Crippen LogP contribution in [0.1, 0.15) is 22.3 Å². The van der Waals surface area contributed by atoms with Crippen LogP contribution in [-0.2, 0) is 4.74 Å². The normalized spacial score (nSPS) is 19.8. The molecule has 0 spiro atoms. The van der Waals surface area contributed by atoms with E-state index in [1.54, 1.807) is 0 Å². The Bertz CT molecular complexity index is 797. The first-order chi connectivity index (χ1) is 12.4.